The minimum absolute atomic E-state index is 0.343. The number of unbranched alkanes of at least 4 members (excludes halogenated alkanes) is 2. The number of aliphatic hydroxyl groups is 2. The first-order valence-corrected chi connectivity index (χ1v) is 7.78. The molecule has 0 saturated carbocycles. The summed E-state index contributed by atoms with van der Waals surface area (Å²) in [6, 6.07) is 0. The van der Waals surface area contributed by atoms with E-state index in [1.165, 1.54) is 25.7 Å². The molecule has 0 aromatic rings. The Kier molecular flexibility index (Phi) is 32.5. The molecule has 0 unspecified atom stereocenters. The summed E-state index contributed by atoms with van der Waals surface area (Å²) < 4.78 is 0. The first-order valence-electron chi connectivity index (χ1n) is 7.78. The monoisotopic (exact) mass is 288 g/mol. The van der Waals surface area contributed by atoms with Gasteiger partial charge in [0, 0.05) is 0 Å². The summed E-state index contributed by atoms with van der Waals surface area (Å²) >= 11 is 0. The topological polar surface area (TPSA) is 40.5 Å². The van der Waals surface area contributed by atoms with Gasteiger partial charge in [-0.1, -0.05) is 77.7 Å². The molecular formula is C18H40O2. The number of hydrogen-bond acceptors (Lipinski definition) is 2. The Bertz CT molecular complexity index is 168. The SMILES string of the molecule is C=C(C)[C@@H](C)O.C=C(C)[C@H](C)O.CCCC.CCCC. The standard InChI is InChI=1S/2C5H10O.2C4H10/c2*1-4(2)5(3)6;2*1-3-4-2/h2*5-6H,1H2,2-3H3;2*3-4H2,1-2H3/t2*5-;;/m10../s1. The molecule has 0 radical (unpaired) electrons. The van der Waals surface area contributed by atoms with Gasteiger partial charge in [-0.3, -0.25) is 0 Å². The highest BCUT2D eigenvalue weighted by Gasteiger charge is 1.89. The molecule has 0 heterocycles. The normalized spacial score (nSPS) is 11.3. The average Bonchev–Trinajstić information content (AvgIpc) is 2.39. The Morgan fingerprint density at radius 1 is 0.700 bits per heavy atom. The van der Waals surface area contributed by atoms with E-state index in [0.717, 1.165) is 11.1 Å². The first kappa shape index (κ1) is 27.7. The van der Waals surface area contributed by atoms with Crippen molar-refractivity contribution in [2.75, 3.05) is 0 Å². The van der Waals surface area contributed by atoms with E-state index in [2.05, 4.69) is 40.9 Å². The minimum Gasteiger partial charge on any atom is -0.389 e. The van der Waals surface area contributed by atoms with E-state index >= 15 is 0 Å². The van der Waals surface area contributed by atoms with Crippen LogP contribution in [0.2, 0.25) is 0 Å². The van der Waals surface area contributed by atoms with E-state index in [1.54, 1.807) is 27.7 Å². The fourth-order valence-electron chi connectivity index (χ4n) is 0. The summed E-state index contributed by atoms with van der Waals surface area (Å²) in [5.74, 6) is 0. The maximum atomic E-state index is 8.53. The number of rotatable bonds is 4. The van der Waals surface area contributed by atoms with Crippen LogP contribution in [-0.2, 0) is 0 Å². The fourth-order valence-corrected chi connectivity index (χ4v) is 0. The van der Waals surface area contributed by atoms with Gasteiger partial charge in [-0.15, -0.1) is 0 Å². The molecule has 2 atom stereocenters. The summed E-state index contributed by atoms with van der Waals surface area (Å²) in [7, 11) is 0. The summed E-state index contributed by atoms with van der Waals surface area (Å²) in [6.45, 7) is 22.7. The van der Waals surface area contributed by atoms with Crippen molar-refractivity contribution in [3.63, 3.8) is 0 Å². The second-order valence-electron chi connectivity index (χ2n) is 5.04. The van der Waals surface area contributed by atoms with Gasteiger partial charge in [-0.2, -0.15) is 0 Å². The summed E-state index contributed by atoms with van der Waals surface area (Å²) in [5, 5.41) is 17.1. The van der Waals surface area contributed by atoms with Crippen LogP contribution in [-0.4, -0.2) is 22.4 Å². The molecule has 0 amide bonds. The van der Waals surface area contributed by atoms with E-state index < -0.39 is 0 Å². The molecule has 0 saturated heterocycles. The van der Waals surface area contributed by atoms with Crippen LogP contribution < -0.4 is 0 Å². The third-order valence-corrected chi connectivity index (χ3v) is 2.43. The molecule has 2 nitrogen and oxygen atoms in total. The van der Waals surface area contributed by atoms with Gasteiger partial charge in [0.25, 0.3) is 0 Å². The Balaban J connectivity index is -0.0000000871. The van der Waals surface area contributed by atoms with Crippen LogP contribution in [0.25, 0.3) is 0 Å². The Morgan fingerprint density at radius 2 is 0.800 bits per heavy atom. The smallest absolute Gasteiger partial charge is 0.0716 e. The molecule has 0 bridgehead atoms. The third kappa shape index (κ3) is 53.0. The quantitative estimate of drug-likeness (QED) is 0.671. The van der Waals surface area contributed by atoms with Crippen LogP contribution in [0.15, 0.2) is 24.3 Å². The largest absolute Gasteiger partial charge is 0.389 e. The van der Waals surface area contributed by atoms with Gasteiger partial charge in [-0.25, -0.2) is 0 Å². The van der Waals surface area contributed by atoms with Gasteiger partial charge in [-0.05, 0) is 27.7 Å². The third-order valence-electron chi connectivity index (χ3n) is 2.43. The number of aliphatic hydroxyl groups excluding tert-OH is 2. The van der Waals surface area contributed by atoms with Crippen molar-refractivity contribution in [2.45, 2.75) is 93.3 Å². The molecule has 0 aliphatic carbocycles. The van der Waals surface area contributed by atoms with E-state index in [4.69, 9.17) is 10.2 Å². The lowest BCUT2D eigenvalue weighted by Crippen LogP contribution is -1.97. The summed E-state index contributed by atoms with van der Waals surface area (Å²) in [6.07, 6.45) is 4.59. The molecule has 0 rings (SSSR count). The average molecular weight is 289 g/mol. The zero-order valence-corrected chi connectivity index (χ0v) is 15.3. The van der Waals surface area contributed by atoms with Crippen LogP contribution >= 0.6 is 0 Å². The second kappa shape index (κ2) is 23.5. The van der Waals surface area contributed by atoms with Crippen LogP contribution in [0.1, 0.15) is 81.1 Å². The second-order valence-corrected chi connectivity index (χ2v) is 5.04. The van der Waals surface area contributed by atoms with Gasteiger partial charge in [0.05, 0.1) is 12.2 Å². The predicted octanol–water partition coefficient (Wildman–Crippen LogP) is 5.50. The van der Waals surface area contributed by atoms with Crippen LogP contribution in [0, 0.1) is 0 Å². The van der Waals surface area contributed by atoms with Crippen molar-refractivity contribution in [1.29, 1.82) is 0 Å². The maximum absolute atomic E-state index is 8.53. The lowest BCUT2D eigenvalue weighted by molar-refractivity contribution is 0.231. The van der Waals surface area contributed by atoms with Crippen molar-refractivity contribution in [2.24, 2.45) is 0 Å². The molecule has 0 aromatic heterocycles. The Morgan fingerprint density at radius 3 is 0.800 bits per heavy atom. The van der Waals surface area contributed by atoms with E-state index in [-0.39, 0.29) is 12.2 Å². The molecule has 0 aromatic carbocycles. The molecule has 0 aliphatic rings. The molecule has 124 valence electrons. The molecule has 2 N–H and O–H groups in total. The Labute approximate surface area is 128 Å². The molecule has 0 spiro atoms. The first-order chi connectivity index (χ1) is 9.11. The highest BCUT2D eigenvalue weighted by Crippen LogP contribution is 1.92. The zero-order valence-electron chi connectivity index (χ0n) is 15.3. The fraction of sp³-hybridized carbons (Fsp3) is 0.778. The van der Waals surface area contributed by atoms with Crippen LogP contribution in [0.5, 0.6) is 0 Å². The van der Waals surface area contributed by atoms with Gasteiger partial charge >= 0.3 is 0 Å². The van der Waals surface area contributed by atoms with Crippen LogP contribution in [0.4, 0.5) is 0 Å². The summed E-state index contributed by atoms with van der Waals surface area (Å²) in [5.41, 5.74) is 1.63. The van der Waals surface area contributed by atoms with Gasteiger partial charge in [0.1, 0.15) is 0 Å². The molecule has 0 fully saturated rings. The minimum atomic E-state index is -0.343. The van der Waals surface area contributed by atoms with E-state index in [0.29, 0.717) is 0 Å². The van der Waals surface area contributed by atoms with Crippen LogP contribution in [0.3, 0.4) is 0 Å². The van der Waals surface area contributed by atoms with Gasteiger partial charge < -0.3 is 10.2 Å². The van der Waals surface area contributed by atoms with Crippen molar-refractivity contribution in [3.8, 4) is 0 Å². The molecule has 2 heteroatoms. The Hall–Kier alpha value is -0.600. The molecule has 0 aliphatic heterocycles. The highest BCUT2D eigenvalue weighted by atomic mass is 16.3. The van der Waals surface area contributed by atoms with Crippen molar-refractivity contribution in [1.82, 2.24) is 0 Å². The predicted molar refractivity (Wildman–Crippen MR) is 94.2 cm³/mol. The zero-order chi connectivity index (χ0) is 17.1. The van der Waals surface area contributed by atoms with Crippen molar-refractivity contribution >= 4 is 0 Å². The molecular weight excluding hydrogens is 248 g/mol. The van der Waals surface area contributed by atoms with Gasteiger partial charge in [0.15, 0.2) is 0 Å². The maximum Gasteiger partial charge on any atom is 0.0716 e. The van der Waals surface area contributed by atoms with E-state index in [9.17, 15) is 0 Å². The van der Waals surface area contributed by atoms with E-state index in [1.807, 2.05) is 0 Å². The molecule has 20 heavy (non-hydrogen) atoms. The van der Waals surface area contributed by atoms with Crippen molar-refractivity contribution in [3.05, 3.63) is 24.3 Å². The van der Waals surface area contributed by atoms with Gasteiger partial charge in [0.2, 0.25) is 0 Å². The summed E-state index contributed by atoms with van der Waals surface area (Å²) in [4.78, 5) is 0. The van der Waals surface area contributed by atoms with Crippen molar-refractivity contribution < 1.29 is 10.2 Å². The lowest BCUT2D eigenvalue weighted by Gasteiger charge is -1.97. The number of hydrogen-bond donors (Lipinski definition) is 2. The lowest BCUT2D eigenvalue weighted by atomic mass is 10.2. The highest BCUT2D eigenvalue weighted by molar-refractivity contribution is 4.93.